The van der Waals surface area contributed by atoms with E-state index in [-0.39, 0.29) is 29.7 Å². The molecule has 0 aromatic heterocycles. The van der Waals surface area contributed by atoms with Gasteiger partial charge >= 0.3 is 5.97 Å². The number of ether oxygens (including phenoxy) is 2. The maximum absolute atomic E-state index is 12.1. The SMILES string of the molecule is CC1=CCC2[C@@H](C1)c1c(O)cc(CC(=O)OCCCCBr)cc1OC2(C)C. The van der Waals surface area contributed by atoms with Crippen molar-refractivity contribution in [2.75, 3.05) is 11.9 Å². The number of hydrogen-bond donors (Lipinski definition) is 1. The maximum atomic E-state index is 12.1. The number of carbonyl (C=O) groups excluding carboxylic acids is 1. The van der Waals surface area contributed by atoms with Crippen molar-refractivity contribution in [3.05, 3.63) is 34.9 Å². The van der Waals surface area contributed by atoms with Gasteiger partial charge in [0.2, 0.25) is 0 Å². The number of phenols is 1. The lowest BCUT2D eigenvalue weighted by Crippen LogP contribution is -2.45. The number of phenolic OH excluding ortho intramolecular Hbond substituents is 1. The van der Waals surface area contributed by atoms with Crippen molar-refractivity contribution >= 4 is 21.9 Å². The first-order valence-electron chi connectivity index (χ1n) is 9.74. The summed E-state index contributed by atoms with van der Waals surface area (Å²) in [6, 6.07) is 3.60. The van der Waals surface area contributed by atoms with E-state index in [0.29, 0.717) is 18.3 Å². The highest BCUT2D eigenvalue weighted by molar-refractivity contribution is 9.09. The van der Waals surface area contributed by atoms with Crippen molar-refractivity contribution in [1.82, 2.24) is 0 Å². The fourth-order valence-electron chi connectivity index (χ4n) is 4.32. The third-order valence-corrected chi connectivity index (χ3v) is 6.26. The van der Waals surface area contributed by atoms with Crippen LogP contribution in [0.25, 0.3) is 0 Å². The Morgan fingerprint density at radius 2 is 2.15 bits per heavy atom. The number of hydrogen-bond acceptors (Lipinski definition) is 4. The highest BCUT2D eigenvalue weighted by Gasteiger charge is 2.45. The molecule has 1 N–H and O–H groups in total. The van der Waals surface area contributed by atoms with E-state index in [9.17, 15) is 9.90 Å². The van der Waals surface area contributed by atoms with Crippen molar-refractivity contribution in [3.8, 4) is 11.5 Å². The molecule has 2 atom stereocenters. The van der Waals surface area contributed by atoms with Crippen molar-refractivity contribution in [1.29, 1.82) is 0 Å². The van der Waals surface area contributed by atoms with Crippen LogP contribution in [0.5, 0.6) is 11.5 Å². The van der Waals surface area contributed by atoms with Crippen LogP contribution < -0.4 is 4.74 Å². The van der Waals surface area contributed by atoms with Crippen molar-refractivity contribution < 1.29 is 19.4 Å². The van der Waals surface area contributed by atoms with Gasteiger partial charge in [0.25, 0.3) is 0 Å². The van der Waals surface area contributed by atoms with Crippen LogP contribution in [0.2, 0.25) is 0 Å². The third-order valence-electron chi connectivity index (χ3n) is 5.70. The minimum Gasteiger partial charge on any atom is -0.508 e. The van der Waals surface area contributed by atoms with Crippen LogP contribution in [0.4, 0.5) is 0 Å². The molecule has 0 saturated carbocycles. The Bertz CT molecular complexity index is 738. The molecule has 27 heavy (non-hydrogen) atoms. The van der Waals surface area contributed by atoms with E-state index < -0.39 is 0 Å². The van der Waals surface area contributed by atoms with Gasteiger partial charge in [-0.3, -0.25) is 4.79 Å². The van der Waals surface area contributed by atoms with Crippen LogP contribution in [0, 0.1) is 5.92 Å². The van der Waals surface area contributed by atoms with Gasteiger partial charge in [0.1, 0.15) is 17.1 Å². The van der Waals surface area contributed by atoms with E-state index in [1.165, 1.54) is 5.57 Å². The monoisotopic (exact) mass is 436 g/mol. The Labute approximate surface area is 170 Å². The zero-order valence-corrected chi connectivity index (χ0v) is 18.0. The van der Waals surface area contributed by atoms with E-state index in [4.69, 9.17) is 9.47 Å². The molecule has 1 aromatic carbocycles. The molecule has 1 heterocycles. The summed E-state index contributed by atoms with van der Waals surface area (Å²) in [7, 11) is 0. The highest BCUT2D eigenvalue weighted by atomic mass is 79.9. The number of carbonyl (C=O) groups is 1. The van der Waals surface area contributed by atoms with Crippen molar-refractivity contribution in [3.63, 3.8) is 0 Å². The van der Waals surface area contributed by atoms with E-state index in [0.717, 1.165) is 42.1 Å². The summed E-state index contributed by atoms with van der Waals surface area (Å²) in [4.78, 5) is 12.1. The van der Waals surface area contributed by atoms with Crippen LogP contribution in [0.15, 0.2) is 23.8 Å². The number of benzene rings is 1. The number of allylic oxidation sites excluding steroid dienone is 2. The minimum atomic E-state index is -0.309. The summed E-state index contributed by atoms with van der Waals surface area (Å²) >= 11 is 3.36. The Morgan fingerprint density at radius 3 is 2.89 bits per heavy atom. The first-order chi connectivity index (χ1) is 12.8. The second-order valence-electron chi connectivity index (χ2n) is 8.23. The molecular formula is C22H29BrO4. The second-order valence-corrected chi connectivity index (χ2v) is 9.02. The predicted octanol–water partition coefficient (Wildman–Crippen LogP) is 5.26. The standard InChI is InChI=1S/C22H29BrO4/c1-14-6-7-17-16(10-14)21-18(24)11-15(12-19(21)27-22(17,2)3)13-20(25)26-9-5-4-8-23/h6,11-12,16-17,24H,4-5,7-10,13H2,1-3H3/t16-,17?/m1/s1. The number of aromatic hydroxyl groups is 1. The molecule has 4 nitrogen and oxygen atoms in total. The second kappa shape index (κ2) is 8.26. The predicted molar refractivity (Wildman–Crippen MR) is 110 cm³/mol. The fourth-order valence-corrected chi connectivity index (χ4v) is 4.72. The van der Waals surface area contributed by atoms with E-state index in [1.54, 1.807) is 6.07 Å². The quantitative estimate of drug-likeness (QED) is 0.285. The Balaban J connectivity index is 1.80. The largest absolute Gasteiger partial charge is 0.508 e. The van der Waals surface area contributed by atoms with E-state index in [2.05, 4.69) is 42.8 Å². The summed E-state index contributed by atoms with van der Waals surface area (Å²) in [5.41, 5.74) is 2.67. The number of esters is 1. The van der Waals surface area contributed by atoms with Crippen LogP contribution in [0.1, 0.15) is 63.5 Å². The van der Waals surface area contributed by atoms with Crippen LogP contribution in [0.3, 0.4) is 0 Å². The van der Waals surface area contributed by atoms with E-state index >= 15 is 0 Å². The third kappa shape index (κ3) is 4.50. The highest BCUT2D eigenvalue weighted by Crippen LogP contribution is 2.54. The lowest BCUT2D eigenvalue weighted by molar-refractivity contribution is -0.142. The Kier molecular flexibility index (Phi) is 6.19. The Morgan fingerprint density at radius 1 is 1.37 bits per heavy atom. The molecule has 148 valence electrons. The molecule has 1 aromatic rings. The van der Waals surface area contributed by atoms with Crippen molar-refractivity contribution in [2.45, 2.75) is 64.4 Å². The lowest BCUT2D eigenvalue weighted by Gasteiger charge is -2.47. The van der Waals surface area contributed by atoms with Gasteiger partial charge in [-0.15, -0.1) is 0 Å². The summed E-state index contributed by atoms with van der Waals surface area (Å²) in [5, 5.41) is 11.6. The molecule has 0 fully saturated rings. The first-order valence-corrected chi connectivity index (χ1v) is 10.9. The molecule has 1 aliphatic heterocycles. The zero-order chi connectivity index (χ0) is 19.6. The van der Waals surface area contributed by atoms with Gasteiger partial charge in [0.15, 0.2) is 0 Å². The van der Waals surface area contributed by atoms with Crippen molar-refractivity contribution in [2.24, 2.45) is 5.92 Å². The summed E-state index contributed by atoms with van der Waals surface area (Å²) in [6.07, 6.45) is 6.16. The number of fused-ring (bicyclic) bond motifs is 3. The molecule has 1 unspecified atom stereocenters. The normalized spacial score (nSPS) is 22.9. The topological polar surface area (TPSA) is 55.8 Å². The summed E-state index contributed by atoms with van der Waals surface area (Å²) < 4.78 is 11.6. The molecule has 2 aliphatic rings. The molecule has 3 rings (SSSR count). The molecule has 5 heteroatoms. The molecule has 0 saturated heterocycles. The molecular weight excluding hydrogens is 408 g/mol. The van der Waals surface area contributed by atoms with Crippen LogP contribution in [-0.2, 0) is 16.0 Å². The summed E-state index contributed by atoms with van der Waals surface area (Å²) in [6.45, 7) is 6.81. The molecule has 0 radical (unpaired) electrons. The number of halogens is 1. The first kappa shape index (κ1) is 20.2. The van der Waals surface area contributed by atoms with Gasteiger partial charge < -0.3 is 14.6 Å². The molecule has 0 bridgehead atoms. The molecule has 0 amide bonds. The number of unbranched alkanes of at least 4 members (excludes halogenated alkanes) is 1. The van der Waals surface area contributed by atoms with Crippen LogP contribution in [-0.4, -0.2) is 28.6 Å². The van der Waals surface area contributed by atoms with Gasteiger partial charge in [0, 0.05) is 22.7 Å². The van der Waals surface area contributed by atoms with Crippen LogP contribution >= 0.6 is 15.9 Å². The minimum absolute atomic E-state index is 0.145. The zero-order valence-electron chi connectivity index (χ0n) is 16.4. The number of rotatable bonds is 6. The maximum Gasteiger partial charge on any atom is 0.310 e. The molecule has 0 spiro atoms. The fraction of sp³-hybridized carbons (Fsp3) is 0.591. The molecule has 1 aliphatic carbocycles. The Hall–Kier alpha value is -1.49. The van der Waals surface area contributed by atoms with Gasteiger partial charge in [-0.05, 0) is 64.2 Å². The van der Waals surface area contributed by atoms with Gasteiger partial charge in [-0.1, -0.05) is 27.6 Å². The average molecular weight is 437 g/mol. The van der Waals surface area contributed by atoms with Gasteiger partial charge in [-0.25, -0.2) is 0 Å². The average Bonchev–Trinajstić information content (AvgIpc) is 2.57. The van der Waals surface area contributed by atoms with Gasteiger partial charge in [-0.2, -0.15) is 0 Å². The van der Waals surface area contributed by atoms with Gasteiger partial charge in [0.05, 0.1) is 13.0 Å². The lowest BCUT2D eigenvalue weighted by atomic mass is 9.67. The number of alkyl halides is 1. The van der Waals surface area contributed by atoms with E-state index in [1.807, 2.05) is 6.07 Å². The smallest absolute Gasteiger partial charge is 0.310 e. The summed E-state index contributed by atoms with van der Waals surface area (Å²) in [5.74, 6) is 1.25.